The summed E-state index contributed by atoms with van der Waals surface area (Å²) in [7, 11) is 3.40. The van der Waals surface area contributed by atoms with E-state index in [2.05, 4.69) is 15.5 Å². The quantitative estimate of drug-likeness (QED) is 0.245. The van der Waals surface area contributed by atoms with Crippen LogP contribution in [0, 0.1) is 6.92 Å². The lowest BCUT2D eigenvalue weighted by Gasteiger charge is -2.10. The Kier molecular flexibility index (Phi) is 5.44. The van der Waals surface area contributed by atoms with Gasteiger partial charge in [0.15, 0.2) is 5.84 Å². The third-order valence-electron chi connectivity index (χ3n) is 1.95. The van der Waals surface area contributed by atoms with Gasteiger partial charge in [0.1, 0.15) is 0 Å². The van der Waals surface area contributed by atoms with E-state index in [0.717, 1.165) is 22.7 Å². The van der Waals surface area contributed by atoms with Crippen LogP contribution in [0.3, 0.4) is 0 Å². The number of amidine groups is 1. The fourth-order valence-corrected chi connectivity index (χ4v) is 2.37. The normalized spacial score (nSPS) is 11.6. The minimum absolute atomic E-state index is 0.448. The number of hydrazine groups is 1. The average Bonchev–Trinajstić information content (AvgIpc) is 2.30. The molecule has 1 aromatic rings. The summed E-state index contributed by atoms with van der Waals surface area (Å²) in [5.74, 6) is 11.8. The Hall–Kier alpha value is -0.920. The van der Waals surface area contributed by atoms with Crippen molar-refractivity contribution in [3.63, 3.8) is 0 Å². The number of pyridine rings is 1. The first-order valence-electron chi connectivity index (χ1n) is 4.60. The van der Waals surface area contributed by atoms with Gasteiger partial charge in [-0.15, -0.1) is 0 Å². The van der Waals surface area contributed by atoms with Crippen LogP contribution < -0.4 is 17.1 Å². The topological polar surface area (TPSA) is 89.3 Å². The molecule has 0 fully saturated rings. The Morgan fingerprint density at radius 3 is 2.88 bits per heavy atom. The second kappa shape index (κ2) is 6.62. The number of nitrogens with two attached hydrogens (primary N) is 2. The maximum Gasteiger partial charge on any atom is 0.168 e. The first-order chi connectivity index (χ1) is 7.72. The van der Waals surface area contributed by atoms with Crippen LogP contribution in [0.2, 0.25) is 0 Å². The van der Waals surface area contributed by atoms with E-state index in [1.54, 1.807) is 21.6 Å². The molecule has 0 radical (unpaired) electrons. The monoisotopic (exact) mass is 257 g/mol. The summed E-state index contributed by atoms with van der Waals surface area (Å²) >= 11 is 0. The highest BCUT2D eigenvalue weighted by molar-refractivity contribution is 8.76. The third kappa shape index (κ3) is 3.29. The van der Waals surface area contributed by atoms with Crippen molar-refractivity contribution < 1.29 is 0 Å². The molecule has 5 nitrogen and oxygen atoms in total. The molecule has 0 amide bonds. The summed E-state index contributed by atoms with van der Waals surface area (Å²) < 4.78 is 0. The molecule has 0 saturated carbocycles. The summed E-state index contributed by atoms with van der Waals surface area (Å²) in [6.07, 6.45) is 2.03. The molecule has 1 aromatic heterocycles. The van der Waals surface area contributed by atoms with Crippen LogP contribution in [-0.2, 0) is 5.75 Å². The third-order valence-corrected chi connectivity index (χ3v) is 3.64. The molecule has 0 saturated heterocycles. The SMILES string of the molecule is CSSCc1nc(C)ccc1/C(=N/N)NN. The van der Waals surface area contributed by atoms with E-state index in [9.17, 15) is 0 Å². The van der Waals surface area contributed by atoms with E-state index in [1.807, 2.05) is 25.3 Å². The number of hydrogen-bond donors (Lipinski definition) is 3. The molecule has 0 aliphatic heterocycles. The van der Waals surface area contributed by atoms with Crippen molar-refractivity contribution in [3.8, 4) is 0 Å². The number of nitrogens with one attached hydrogen (secondary N) is 1. The van der Waals surface area contributed by atoms with Crippen molar-refractivity contribution in [3.05, 3.63) is 29.1 Å². The van der Waals surface area contributed by atoms with Gasteiger partial charge in [-0.1, -0.05) is 21.6 Å². The molecule has 5 N–H and O–H groups in total. The maximum absolute atomic E-state index is 5.35. The van der Waals surface area contributed by atoms with E-state index in [-0.39, 0.29) is 0 Å². The Morgan fingerprint density at radius 1 is 1.56 bits per heavy atom. The molecule has 88 valence electrons. The molecule has 0 aliphatic carbocycles. The standard InChI is InChI=1S/C9H15N5S2/c1-6-3-4-7(9(13-10)14-11)8(12-6)5-16-15-2/h3-4H,5,10-11H2,1-2H3,(H,13,14). The van der Waals surface area contributed by atoms with Gasteiger partial charge in [0, 0.05) is 17.0 Å². The lowest BCUT2D eigenvalue weighted by Crippen LogP contribution is -2.33. The smallest absolute Gasteiger partial charge is 0.168 e. The van der Waals surface area contributed by atoms with Gasteiger partial charge >= 0.3 is 0 Å². The van der Waals surface area contributed by atoms with E-state index in [1.165, 1.54) is 0 Å². The summed E-state index contributed by atoms with van der Waals surface area (Å²) in [6.45, 7) is 1.95. The number of nitrogens with zero attached hydrogens (tertiary/aromatic N) is 2. The van der Waals surface area contributed by atoms with Gasteiger partial charge in [-0.3, -0.25) is 4.98 Å². The fourth-order valence-electron chi connectivity index (χ4n) is 1.24. The molecule has 7 heteroatoms. The van der Waals surface area contributed by atoms with Crippen LogP contribution in [0.15, 0.2) is 17.2 Å². The summed E-state index contributed by atoms with van der Waals surface area (Å²) in [6, 6.07) is 3.83. The van der Waals surface area contributed by atoms with Gasteiger partial charge in [-0.2, -0.15) is 5.10 Å². The lowest BCUT2D eigenvalue weighted by molar-refractivity contribution is 0.990. The molecular formula is C9H15N5S2. The van der Waals surface area contributed by atoms with Gasteiger partial charge < -0.3 is 11.3 Å². The van der Waals surface area contributed by atoms with Crippen molar-refractivity contribution in [2.24, 2.45) is 16.8 Å². The molecule has 1 rings (SSSR count). The van der Waals surface area contributed by atoms with Crippen LogP contribution in [0.5, 0.6) is 0 Å². The highest BCUT2D eigenvalue weighted by Gasteiger charge is 2.10. The van der Waals surface area contributed by atoms with Gasteiger partial charge in [0.25, 0.3) is 0 Å². The van der Waals surface area contributed by atoms with Gasteiger partial charge in [-0.25, -0.2) is 5.84 Å². The predicted molar refractivity (Wildman–Crippen MR) is 71.8 cm³/mol. The number of rotatable bonds is 4. The first-order valence-corrected chi connectivity index (χ1v) is 7.32. The minimum Gasteiger partial charge on any atom is -0.321 e. The Morgan fingerprint density at radius 2 is 2.31 bits per heavy atom. The van der Waals surface area contributed by atoms with Crippen LogP contribution in [-0.4, -0.2) is 17.1 Å². The van der Waals surface area contributed by atoms with Crippen molar-refractivity contribution in [1.82, 2.24) is 10.4 Å². The molecule has 0 spiro atoms. The lowest BCUT2D eigenvalue weighted by atomic mass is 10.1. The zero-order valence-electron chi connectivity index (χ0n) is 9.23. The molecule has 0 atom stereocenters. The zero-order chi connectivity index (χ0) is 12.0. The van der Waals surface area contributed by atoms with E-state index >= 15 is 0 Å². The predicted octanol–water partition coefficient (Wildman–Crippen LogP) is 0.985. The maximum atomic E-state index is 5.35. The molecule has 16 heavy (non-hydrogen) atoms. The van der Waals surface area contributed by atoms with Gasteiger partial charge in [-0.05, 0) is 25.3 Å². The molecule has 0 unspecified atom stereocenters. The molecule has 0 aromatic carbocycles. The van der Waals surface area contributed by atoms with Crippen LogP contribution in [0.25, 0.3) is 0 Å². The highest BCUT2D eigenvalue weighted by atomic mass is 33.1. The second-order valence-corrected chi connectivity index (χ2v) is 5.56. The number of hydrazone groups is 1. The van der Waals surface area contributed by atoms with Crippen molar-refractivity contribution in [2.75, 3.05) is 6.26 Å². The van der Waals surface area contributed by atoms with E-state index in [0.29, 0.717) is 5.84 Å². The Balaban J connectivity index is 3.06. The van der Waals surface area contributed by atoms with Crippen molar-refractivity contribution in [1.29, 1.82) is 0 Å². The van der Waals surface area contributed by atoms with Crippen LogP contribution in [0.4, 0.5) is 0 Å². The summed E-state index contributed by atoms with van der Waals surface area (Å²) in [5, 5.41) is 3.60. The summed E-state index contributed by atoms with van der Waals surface area (Å²) in [5.41, 5.74) is 5.22. The molecule has 1 heterocycles. The van der Waals surface area contributed by atoms with Crippen LogP contribution in [0.1, 0.15) is 17.0 Å². The average molecular weight is 257 g/mol. The molecule has 0 aliphatic rings. The zero-order valence-corrected chi connectivity index (χ0v) is 10.9. The van der Waals surface area contributed by atoms with E-state index < -0.39 is 0 Å². The fraction of sp³-hybridized carbons (Fsp3) is 0.333. The van der Waals surface area contributed by atoms with Crippen molar-refractivity contribution >= 4 is 27.4 Å². The second-order valence-electron chi connectivity index (χ2n) is 3.00. The molecular weight excluding hydrogens is 242 g/mol. The van der Waals surface area contributed by atoms with E-state index in [4.69, 9.17) is 11.7 Å². The number of aryl methyl sites for hydroxylation is 1. The number of hydrogen-bond acceptors (Lipinski definition) is 6. The van der Waals surface area contributed by atoms with Crippen LogP contribution >= 0.6 is 21.6 Å². The van der Waals surface area contributed by atoms with Gasteiger partial charge in [0.2, 0.25) is 0 Å². The van der Waals surface area contributed by atoms with Crippen molar-refractivity contribution in [2.45, 2.75) is 12.7 Å². The highest BCUT2D eigenvalue weighted by Crippen LogP contribution is 2.23. The Bertz CT molecular complexity index is 380. The first kappa shape index (κ1) is 13.1. The molecule has 0 bridgehead atoms. The Labute approximate surface area is 103 Å². The summed E-state index contributed by atoms with van der Waals surface area (Å²) in [4.78, 5) is 4.46. The number of aromatic nitrogens is 1. The largest absolute Gasteiger partial charge is 0.321 e. The minimum atomic E-state index is 0.448. The van der Waals surface area contributed by atoms with Gasteiger partial charge in [0.05, 0.1) is 5.69 Å².